The summed E-state index contributed by atoms with van der Waals surface area (Å²) in [4.78, 5) is 10.7. The molecule has 18 heavy (non-hydrogen) atoms. The summed E-state index contributed by atoms with van der Waals surface area (Å²) < 4.78 is 5.36. The van der Waals surface area contributed by atoms with Gasteiger partial charge in [0.25, 0.3) is 0 Å². The molecule has 0 atom stereocenters. The first-order valence-corrected chi connectivity index (χ1v) is 6.55. The molecule has 1 aromatic heterocycles. The molecule has 0 fully saturated rings. The predicted octanol–water partition coefficient (Wildman–Crippen LogP) is 2.08. The molecular weight excluding hydrogens is 228 g/mol. The van der Waals surface area contributed by atoms with Crippen LogP contribution in [0.15, 0.2) is 6.33 Å². The topological polar surface area (TPSA) is 50.3 Å². The highest BCUT2D eigenvalue weighted by molar-refractivity contribution is 5.57. The van der Waals surface area contributed by atoms with Gasteiger partial charge in [-0.2, -0.15) is 0 Å². The maximum Gasteiger partial charge on any atom is 0.136 e. The molecule has 0 radical (unpaired) electrons. The van der Waals surface area contributed by atoms with Gasteiger partial charge in [0.05, 0.1) is 6.61 Å². The van der Waals surface area contributed by atoms with E-state index in [-0.39, 0.29) is 0 Å². The second-order valence-corrected chi connectivity index (χ2v) is 4.22. The van der Waals surface area contributed by atoms with Gasteiger partial charge in [0, 0.05) is 32.3 Å². The van der Waals surface area contributed by atoms with Crippen LogP contribution in [0.5, 0.6) is 0 Å². The van der Waals surface area contributed by atoms with Gasteiger partial charge >= 0.3 is 0 Å². The predicted molar refractivity (Wildman–Crippen MR) is 75.3 cm³/mol. The summed E-state index contributed by atoms with van der Waals surface area (Å²) in [6, 6.07) is 0. The molecule has 0 aliphatic carbocycles. The van der Waals surface area contributed by atoms with Crippen LogP contribution in [-0.2, 0) is 4.74 Å². The SMILES string of the molecule is CCCNc1ncnc(N(C)CCOCC)c1C. The Hall–Kier alpha value is -1.36. The zero-order valence-electron chi connectivity index (χ0n) is 11.9. The third-order valence-electron chi connectivity index (χ3n) is 2.74. The number of hydrogen-bond acceptors (Lipinski definition) is 5. The highest BCUT2D eigenvalue weighted by Gasteiger charge is 2.10. The van der Waals surface area contributed by atoms with Crippen molar-refractivity contribution < 1.29 is 4.74 Å². The molecule has 102 valence electrons. The molecule has 0 unspecified atom stereocenters. The zero-order chi connectivity index (χ0) is 13.4. The molecule has 1 aromatic rings. The van der Waals surface area contributed by atoms with Gasteiger partial charge in [-0.3, -0.25) is 0 Å². The molecular formula is C13H24N4O. The summed E-state index contributed by atoms with van der Waals surface area (Å²) in [5.41, 5.74) is 1.09. The van der Waals surface area contributed by atoms with Gasteiger partial charge in [0.1, 0.15) is 18.0 Å². The van der Waals surface area contributed by atoms with E-state index in [0.717, 1.165) is 43.3 Å². The van der Waals surface area contributed by atoms with E-state index < -0.39 is 0 Å². The normalized spacial score (nSPS) is 10.4. The Morgan fingerprint density at radius 3 is 2.78 bits per heavy atom. The molecule has 0 aliphatic heterocycles. The molecule has 1 N–H and O–H groups in total. The molecule has 5 nitrogen and oxygen atoms in total. The Kier molecular flexibility index (Phi) is 6.43. The molecule has 0 spiro atoms. The Bertz CT molecular complexity index is 357. The maximum absolute atomic E-state index is 5.36. The van der Waals surface area contributed by atoms with E-state index in [1.54, 1.807) is 6.33 Å². The van der Waals surface area contributed by atoms with Crippen molar-refractivity contribution in [1.29, 1.82) is 0 Å². The molecule has 0 saturated carbocycles. The lowest BCUT2D eigenvalue weighted by Gasteiger charge is -2.21. The van der Waals surface area contributed by atoms with E-state index >= 15 is 0 Å². The Balaban J connectivity index is 2.69. The minimum Gasteiger partial charge on any atom is -0.380 e. The van der Waals surface area contributed by atoms with Gasteiger partial charge in [-0.15, -0.1) is 0 Å². The summed E-state index contributed by atoms with van der Waals surface area (Å²) in [7, 11) is 2.03. The number of aromatic nitrogens is 2. The molecule has 0 aromatic carbocycles. The highest BCUT2D eigenvalue weighted by Crippen LogP contribution is 2.20. The largest absolute Gasteiger partial charge is 0.380 e. The fraction of sp³-hybridized carbons (Fsp3) is 0.692. The van der Waals surface area contributed by atoms with Gasteiger partial charge < -0.3 is 15.0 Å². The quantitative estimate of drug-likeness (QED) is 0.718. The summed E-state index contributed by atoms with van der Waals surface area (Å²) in [5.74, 6) is 1.88. The second-order valence-electron chi connectivity index (χ2n) is 4.22. The van der Waals surface area contributed by atoms with Crippen LogP contribution in [0.2, 0.25) is 0 Å². The standard InChI is InChI=1S/C13H24N4O/c1-5-7-14-12-11(3)13(16-10-15-12)17(4)8-9-18-6-2/h10H,5-9H2,1-4H3,(H,14,15,16). The number of nitrogens with one attached hydrogen (secondary N) is 1. The Morgan fingerprint density at radius 2 is 2.11 bits per heavy atom. The van der Waals surface area contributed by atoms with E-state index in [1.165, 1.54) is 0 Å². The first kappa shape index (κ1) is 14.7. The van der Waals surface area contributed by atoms with Gasteiger partial charge in [0.2, 0.25) is 0 Å². The van der Waals surface area contributed by atoms with Gasteiger partial charge in [-0.05, 0) is 20.3 Å². The molecule has 0 saturated heterocycles. The van der Waals surface area contributed by atoms with Crippen LogP contribution in [0.1, 0.15) is 25.8 Å². The van der Waals surface area contributed by atoms with Crippen molar-refractivity contribution in [3.05, 3.63) is 11.9 Å². The van der Waals surface area contributed by atoms with Crippen molar-refractivity contribution in [3.63, 3.8) is 0 Å². The Labute approximate surface area is 110 Å². The summed E-state index contributed by atoms with van der Waals surface area (Å²) >= 11 is 0. The van der Waals surface area contributed by atoms with Gasteiger partial charge in [-0.1, -0.05) is 6.92 Å². The first-order valence-electron chi connectivity index (χ1n) is 6.55. The summed E-state index contributed by atoms with van der Waals surface area (Å²) in [5, 5.41) is 3.32. The average molecular weight is 252 g/mol. The number of anilines is 2. The second kappa shape index (κ2) is 7.87. The molecule has 0 amide bonds. The van der Waals surface area contributed by atoms with E-state index in [4.69, 9.17) is 4.74 Å². The fourth-order valence-corrected chi connectivity index (χ4v) is 1.70. The van der Waals surface area contributed by atoms with Crippen LogP contribution >= 0.6 is 0 Å². The van der Waals surface area contributed by atoms with Crippen molar-refractivity contribution in [2.24, 2.45) is 0 Å². The minimum absolute atomic E-state index is 0.716. The van der Waals surface area contributed by atoms with Crippen LogP contribution in [0.3, 0.4) is 0 Å². The lowest BCUT2D eigenvalue weighted by molar-refractivity contribution is 0.154. The number of nitrogens with zero attached hydrogens (tertiary/aromatic N) is 3. The van der Waals surface area contributed by atoms with Crippen LogP contribution < -0.4 is 10.2 Å². The molecule has 0 aliphatic rings. The Morgan fingerprint density at radius 1 is 1.33 bits per heavy atom. The van der Waals surface area contributed by atoms with Crippen molar-refractivity contribution in [2.75, 3.05) is 43.6 Å². The molecule has 5 heteroatoms. The third-order valence-corrected chi connectivity index (χ3v) is 2.74. The van der Waals surface area contributed by atoms with E-state index in [2.05, 4.69) is 27.1 Å². The van der Waals surface area contributed by atoms with Gasteiger partial charge in [0.15, 0.2) is 0 Å². The van der Waals surface area contributed by atoms with Crippen molar-refractivity contribution in [2.45, 2.75) is 27.2 Å². The van der Waals surface area contributed by atoms with Crippen molar-refractivity contribution in [3.8, 4) is 0 Å². The van der Waals surface area contributed by atoms with Crippen molar-refractivity contribution in [1.82, 2.24) is 9.97 Å². The maximum atomic E-state index is 5.36. The molecule has 1 rings (SSSR count). The third kappa shape index (κ3) is 4.14. The number of ether oxygens (including phenoxy) is 1. The van der Waals surface area contributed by atoms with Crippen LogP contribution in [0.4, 0.5) is 11.6 Å². The van der Waals surface area contributed by atoms with E-state index in [0.29, 0.717) is 6.61 Å². The number of likely N-dealkylation sites (N-methyl/N-ethyl adjacent to an activating group) is 1. The van der Waals surface area contributed by atoms with E-state index in [9.17, 15) is 0 Å². The van der Waals surface area contributed by atoms with Gasteiger partial charge in [-0.25, -0.2) is 9.97 Å². The minimum atomic E-state index is 0.716. The zero-order valence-corrected chi connectivity index (χ0v) is 11.9. The monoisotopic (exact) mass is 252 g/mol. The van der Waals surface area contributed by atoms with E-state index in [1.807, 2.05) is 20.9 Å². The highest BCUT2D eigenvalue weighted by atomic mass is 16.5. The summed E-state index contributed by atoms with van der Waals surface area (Å²) in [6.45, 7) is 9.42. The average Bonchev–Trinajstić information content (AvgIpc) is 2.37. The summed E-state index contributed by atoms with van der Waals surface area (Å²) in [6.07, 6.45) is 2.69. The van der Waals surface area contributed by atoms with Crippen molar-refractivity contribution >= 4 is 11.6 Å². The lowest BCUT2D eigenvalue weighted by Crippen LogP contribution is -2.25. The number of hydrogen-bond donors (Lipinski definition) is 1. The fourth-order valence-electron chi connectivity index (χ4n) is 1.70. The lowest BCUT2D eigenvalue weighted by atomic mass is 10.3. The van der Waals surface area contributed by atoms with Crippen LogP contribution in [0.25, 0.3) is 0 Å². The van der Waals surface area contributed by atoms with Crippen LogP contribution in [0, 0.1) is 6.92 Å². The van der Waals surface area contributed by atoms with Crippen LogP contribution in [-0.4, -0.2) is 43.3 Å². The molecule has 1 heterocycles. The smallest absolute Gasteiger partial charge is 0.136 e. The number of rotatable bonds is 8. The molecule has 0 bridgehead atoms. The first-order chi connectivity index (χ1) is 8.70.